The van der Waals surface area contributed by atoms with Crippen LogP contribution in [0.1, 0.15) is 15.2 Å². The molecule has 0 fully saturated rings. The zero-order valence-corrected chi connectivity index (χ0v) is 18.6. The highest BCUT2D eigenvalue weighted by Gasteiger charge is 2.22. The van der Waals surface area contributed by atoms with E-state index in [9.17, 15) is 9.18 Å². The number of carbonyl (C=O) groups is 1. The smallest absolute Gasteiger partial charge is 0.267 e. The van der Waals surface area contributed by atoms with Gasteiger partial charge in [-0.25, -0.2) is 9.37 Å². The van der Waals surface area contributed by atoms with E-state index in [4.69, 9.17) is 10.7 Å². The first-order valence-corrected chi connectivity index (χ1v) is 11.2. The standard InChI is InChI=1S/C27H20FN3OS/c1-16-7-9-17(10-8-16)21-15-22(18-5-3-2-4-6-18)31-27-23(21)24(29)25(33-27)26(32)30-20-13-11-19(28)12-14-20/h2-15H,29H2,1H3,(H,30,32). The van der Waals surface area contributed by atoms with Gasteiger partial charge in [0, 0.05) is 16.6 Å². The Morgan fingerprint density at radius 2 is 1.64 bits per heavy atom. The lowest BCUT2D eigenvalue weighted by Crippen LogP contribution is -2.11. The SMILES string of the molecule is Cc1ccc(-c2cc(-c3ccccc3)nc3sc(C(=O)Nc4ccc(F)cc4)c(N)c23)cc1. The summed E-state index contributed by atoms with van der Waals surface area (Å²) in [4.78, 5) is 18.9. The van der Waals surface area contributed by atoms with Gasteiger partial charge in [0.25, 0.3) is 5.91 Å². The number of thiophene rings is 1. The van der Waals surface area contributed by atoms with E-state index in [0.717, 1.165) is 33.3 Å². The quantitative estimate of drug-likeness (QED) is 0.311. The van der Waals surface area contributed by atoms with E-state index in [-0.39, 0.29) is 11.7 Å². The van der Waals surface area contributed by atoms with Crippen LogP contribution in [-0.2, 0) is 0 Å². The number of nitrogens with zero attached hydrogens (tertiary/aromatic N) is 1. The summed E-state index contributed by atoms with van der Waals surface area (Å²) in [6, 6.07) is 25.8. The number of benzene rings is 3. The molecule has 0 aliphatic heterocycles. The minimum atomic E-state index is -0.366. The first kappa shape index (κ1) is 20.8. The second kappa shape index (κ2) is 8.48. The molecule has 0 radical (unpaired) electrons. The van der Waals surface area contributed by atoms with E-state index in [1.165, 1.54) is 35.6 Å². The van der Waals surface area contributed by atoms with Crippen LogP contribution in [0.4, 0.5) is 15.8 Å². The summed E-state index contributed by atoms with van der Waals surface area (Å²) in [6.45, 7) is 2.04. The average Bonchev–Trinajstić information content (AvgIpc) is 3.17. The highest BCUT2D eigenvalue weighted by molar-refractivity contribution is 7.21. The van der Waals surface area contributed by atoms with Gasteiger partial charge in [0.1, 0.15) is 15.5 Å². The topological polar surface area (TPSA) is 68.0 Å². The molecule has 2 aromatic heterocycles. The number of halogens is 1. The molecule has 162 valence electrons. The highest BCUT2D eigenvalue weighted by atomic mass is 32.1. The fraction of sp³-hybridized carbons (Fsp3) is 0.0370. The van der Waals surface area contributed by atoms with Crippen molar-refractivity contribution < 1.29 is 9.18 Å². The average molecular weight is 454 g/mol. The number of hydrogen-bond acceptors (Lipinski definition) is 4. The number of aromatic nitrogens is 1. The molecule has 5 aromatic rings. The predicted octanol–water partition coefficient (Wildman–Crippen LogP) is 6.91. The van der Waals surface area contributed by atoms with Crippen LogP contribution in [0.5, 0.6) is 0 Å². The van der Waals surface area contributed by atoms with Gasteiger partial charge in [-0.3, -0.25) is 4.79 Å². The lowest BCUT2D eigenvalue weighted by molar-refractivity contribution is 0.103. The first-order chi connectivity index (χ1) is 16.0. The second-order valence-electron chi connectivity index (χ2n) is 7.77. The largest absolute Gasteiger partial charge is 0.397 e. The molecule has 0 atom stereocenters. The summed E-state index contributed by atoms with van der Waals surface area (Å²) in [5.41, 5.74) is 12.3. The summed E-state index contributed by atoms with van der Waals surface area (Å²) in [6.07, 6.45) is 0. The van der Waals surface area contributed by atoms with Crippen molar-refractivity contribution in [3.8, 4) is 22.4 Å². The van der Waals surface area contributed by atoms with Crippen LogP contribution in [0.2, 0.25) is 0 Å². The van der Waals surface area contributed by atoms with Gasteiger partial charge >= 0.3 is 0 Å². The van der Waals surface area contributed by atoms with Gasteiger partial charge in [0.15, 0.2) is 0 Å². The molecule has 3 N–H and O–H groups in total. The van der Waals surface area contributed by atoms with Crippen LogP contribution in [0.3, 0.4) is 0 Å². The number of nitrogens with two attached hydrogens (primary N) is 1. The fourth-order valence-electron chi connectivity index (χ4n) is 3.73. The Morgan fingerprint density at radius 3 is 2.33 bits per heavy atom. The third-order valence-electron chi connectivity index (χ3n) is 5.44. The summed E-state index contributed by atoms with van der Waals surface area (Å²) >= 11 is 1.25. The molecule has 33 heavy (non-hydrogen) atoms. The van der Waals surface area contributed by atoms with Gasteiger partial charge in [0.05, 0.1) is 11.4 Å². The molecule has 5 rings (SSSR count). The Kier molecular flexibility index (Phi) is 5.36. The third kappa shape index (κ3) is 4.08. The lowest BCUT2D eigenvalue weighted by atomic mass is 9.99. The molecule has 1 amide bonds. The van der Waals surface area contributed by atoms with E-state index in [1.54, 1.807) is 0 Å². The molecule has 0 saturated heterocycles. The minimum absolute atomic E-state index is 0.349. The predicted molar refractivity (Wildman–Crippen MR) is 134 cm³/mol. The zero-order chi connectivity index (χ0) is 22.9. The van der Waals surface area contributed by atoms with Crippen molar-refractivity contribution in [1.29, 1.82) is 0 Å². The molecular formula is C27H20FN3OS. The highest BCUT2D eigenvalue weighted by Crippen LogP contribution is 2.41. The van der Waals surface area contributed by atoms with Crippen LogP contribution < -0.4 is 11.1 Å². The van der Waals surface area contributed by atoms with Crippen molar-refractivity contribution in [2.45, 2.75) is 6.92 Å². The fourth-order valence-corrected chi connectivity index (χ4v) is 4.74. The van der Waals surface area contributed by atoms with Crippen LogP contribution in [0, 0.1) is 12.7 Å². The Bertz CT molecular complexity index is 1460. The van der Waals surface area contributed by atoms with Gasteiger partial charge in [-0.15, -0.1) is 11.3 Å². The third-order valence-corrected chi connectivity index (χ3v) is 6.54. The van der Waals surface area contributed by atoms with Gasteiger partial charge < -0.3 is 11.1 Å². The van der Waals surface area contributed by atoms with Crippen LogP contribution in [0.25, 0.3) is 32.6 Å². The molecule has 6 heteroatoms. The summed E-state index contributed by atoms with van der Waals surface area (Å²) in [5, 5.41) is 3.55. The number of rotatable bonds is 4. The number of nitrogens with one attached hydrogen (secondary N) is 1. The molecule has 3 aromatic carbocycles. The van der Waals surface area contributed by atoms with Crippen molar-refractivity contribution in [3.63, 3.8) is 0 Å². The van der Waals surface area contributed by atoms with Crippen molar-refractivity contribution in [2.75, 3.05) is 11.1 Å². The van der Waals surface area contributed by atoms with Crippen LogP contribution in [0.15, 0.2) is 84.9 Å². The molecule has 0 spiro atoms. The maximum Gasteiger partial charge on any atom is 0.267 e. The van der Waals surface area contributed by atoms with E-state index in [1.807, 2.05) is 55.5 Å². The Labute approximate surface area is 194 Å². The van der Waals surface area contributed by atoms with E-state index in [0.29, 0.717) is 21.1 Å². The molecule has 0 aliphatic carbocycles. The van der Waals surface area contributed by atoms with Gasteiger partial charge in [-0.1, -0.05) is 60.2 Å². The Balaban J connectivity index is 1.66. The van der Waals surface area contributed by atoms with E-state index < -0.39 is 0 Å². The molecule has 0 unspecified atom stereocenters. The van der Waals surface area contributed by atoms with E-state index >= 15 is 0 Å². The van der Waals surface area contributed by atoms with Crippen LogP contribution >= 0.6 is 11.3 Å². The van der Waals surface area contributed by atoms with Gasteiger partial charge in [-0.05, 0) is 48.4 Å². The number of fused-ring (bicyclic) bond motifs is 1. The maximum absolute atomic E-state index is 13.2. The maximum atomic E-state index is 13.2. The Morgan fingerprint density at radius 1 is 0.939 bits per heavy atom. The minimum Gasteiger partial charge on any atom is -0.397 e. The number of amides is 1. The summed E-state index contributed by atoms with van der Waals surface area (Å²) in [7, 11) is 0. The molecule has 2 heterocycles. The lowest BCUT2D eigenvalue weighted by Gasteiger charge is -2.09. The number of aryl methyl sites for hydroxylation is 1. The normalized spacial score (nSPS) is 11.0. The van der Waals surface area contributed by atoms with Gasteiger partial charge in [0.2, 0.25) is 0 Å². The van der Waals surface area contributed by atoms with Crippen molar-refractivity contribution in [1.82, 2.24) is 4.98 Å². The van der Waals surface area contributed by atoms with Gasteiger partial charge in [-0.2, -0.15) is 0 Å². The first-order valence-electron chi connectivity index (χ1n) is 10.4. The number of pyridine rings is 1. The number of anilines is 2. The van der Waals surface area contributed by atoms with Crippen molar-refractivity contribution in [2.24, 2.45) is 0 Å². The zero-order valence-electron chi connectivity index (χ0n) is 17.8. The van der Waals surface area contributed by atoms with Crippen molar-refractivity contribution in [3.05, 3.63) is 101 Å². The number of nitrogen functional groups attached to an aromatic ring is 1. The van der Waals surface area contributed by atoms with E-state index in [2.05, 4.69) is 17.4 Å². The number of carbonyl (C=O) groups excluding carboxylic acids is 1. The summed E-state index contributed by atoms with van der Waals surface area (Å²) in [5.74, 6) is -0.715. The molecule has 0 bridgehead atoms. The molecule has 4 nitrogen and oxygen atoms in total. The molecule has 0 saturated carbocycles. The number of hydrogen-bond donors (Lipinski definition) is 2. The molecule has 0 aliphatic rings. The van der Waals surface area contributed by atoms with Crippen molar-refractivity contribution >= 4 is 38.8 Å². The second-order valence-corrected chi connectivity index (χ2v) is 8.77. The summed E-state index contributed by atoms with van der Waals surface area (Å²) < 4.78 is 13.2. The van der Waals surface area contributed by atoms with Crippen LogP contribution in [-0.4, -0.2) is 10.9 Å². The Hall–Kier alpha value is -4.03. The molecular weight excluding hydrogens is 433 g/mol. The monoisotopic (exact) mass is 453 g/mol.